The SMILES string of the molecule is COC(=O)c1cccc(C(=O)NCCCN(C)CCOC(c2ccccc2)(c2ccccc2)c2ccccc2)c1. The quantitative estimate of drug-likeness (QED) is 0.138. The van der Waals surface area contributed by atoms with E-state index in [1.165, 1.54) is 7.11 Å². The van der Waals surface area contributed by atoms with Crippen LogP contribution in [0.1, 0.15) is 43.8 Å². The molecule has 4 aromatic rings. The molecule has 0 heterocycles. The summed E-state index contributed by atoms with van der Waals surface area (Å²) in [6.45, 7) is 2.56. The zero-order valence-corrected chi connectivity index (χ0v) is 23.1. The van der Waals surface area contributed by atoms with Gasteiger partial charge in [0, 0.05) is 18.7 Å². The highest BCUT2D eigenvalue weighted by Gasteiger charge is 2.37. The van der Waals surface area contributed by atoms with Gasteiger partial charge in [0.05, 0.1) is 19.3 Å². The number of hydrogen-bond donors (Lipinski definition) is 1. The van der Waals surface area contributed by atoms with Gasteiger partial charge in [0.25, 0.3) is 5.91 Å². The van der Waals surface area contributed by atoms with Crippen LogP contribution in [0.25, 0.3) is 0 Å². The highest BCUT2D eigenvalue weighted by Crippen LogP contribution is 2.40. The van der Waals surface area contributed by atoms with E-state index in [1.54, 1.807) is 24.3 Å². The van der Waals surface area contributed by atoms with Gasteiger partial charge < -0.3 is 19.7 Å². The minimum atomic E-state index is -0.739. The Hall–Kier alpha value is -4.26. The Balaban J connectivity index is 1.36. The van der Waals surface area contributed by atoms with Crippen molar-refractivity contribution in [3.63, 3.8) is 0 Å². The summed E-state index contributed by atoms with van der Waals surface area (Å²) in [6, 6.07) is 37.6. The third-order valence-electron chi connectivity index (χ3n) is 6.88. The van der Waals surface area contributed by atoms with E-state index in [0.29, 0.717) is 24.3 Å². The van der Waals surface area contributed by atoms with Gasteiger partial charge in [-0.3, -0.25) is 4.79 Å². The standard InChI is InChI=1S/C34H36N2O4/c1-36(23-13-22-35-32(37)27-14-12-15-28(26-27)33(38)39-2)24-25-40-34(29-16-6-3-7-17-29,30-18-8-4-9-19-30)31-20-10-5-11-21-31/h3-12,14-21,26H,13,22-25H2,1-2H3,(H,35,37). The number of likely N-dealkylation sites (N-methyl/N-ethyl adjacent to an activating group) is 1. The summed E-state index contributed by atoms with van der Waals surface area (Å²) < 4.78 is 11.6. The lowest BCUT2D eigenvalue weighted by atomic mass is 9.80. The molecule has 6 nitrogen and oxygen atoms in total. The van der Waals surface area contributed by atoms with E-state index < -0.39 is 11.6 Å². The van der Waals surface area contributed by atoms with Gasteiger partial charge in [-0.2, -0.15) is 0 Å². The fraction of sp³-hybridized carbons (Fsp3) is 0.235. The monoisotopic (exact) mass is 536 g/mol. The van der Waals surface area contributed by atoms with Crippen molar-refractivity contribution in [1.29, 1.82) is 0 Å². The van der Waals surface area contributed by atoms with Crippen LogP contribution in [0.3, 0.4) is 0 Å². The molecule has 40 heavy (non-hydrogen) atoms. The predicted molar refractivity (Wildman–Crippen MR) is 157 cm³/mol. The third-order valence-corrected chi connectivity index (χ3v) is 6.88. The van der Waals surface area contributed by atoms with Crippen LogP contribution in [0.4, 0.5) is 0 Å². The summed E-state index contributed by atoms with van der Waals surface area (Å²) in [7, 11) is 3.38. The molecule has 206 valence electrons. The molecule has 4 rings (SSSR count). The maximum atomic E-state index is 12.5. The van der Waals surface area contributed by atoms with Crippen LogP contribution >= 0.6 is 0 Å². The first-order valence-electron chi connectivity index (χ1n) is 13.5. The number of benzene rings is 4. The normalized spacial score (nSPS) is 11.3. The van der Waals surface area contributed by atoms with Crippen molar-refractivity contribution in [3.05, 3.63) is 143 Å². The van der Waals surface area contributed by atoms with Gasteiger partial charge in [0.1, 0.15) is 5.60 Å². The first kappa shape index (κ1) is 28.7. The number of esters is 1. The second-order valence-corrected chi connectivity index (χ2v) is 9.61. The molecular weight excluding hydrogens is 500 g/mol. The molecule has 0 saturated carbocycles. The van der Waals surface area contributed by atoms with Crippen molar-refractivity contribution in [2.45, 2.75) is 12.0 Å². The Morgan fingerprint density at radius 3 is 1.77 bits per heavy atom. The van der Waals surface area contributed by atoms with Gasteiger partial charge in [-0.15, -0.1) is 0 Å². The number of ether oxygens (including phenoxy) is 2. The number of methoxy groups -OCH3 is 1. The van der Waals surface area contributed by atoms with Crippen LogP contribution in [0.5, 0.6) is 0 Å². The molecule has 0 spiro atoms. The first-order chi connectivity index (χ1) is 19.5. The predicted octanol–water partition coefficient (Wildman–Crippen LogP) is 5.53. The lowest BCUT2D eigenvalue weighted by molar-refractivity contribution is 0.00364. The number of carbonyl (C=O) groups excluding carboxylic acids is 2. The van der Waals surface area contributed by atoms with Gasteiger partial charge in [-0.1, -0.05) is 97.1 Å². The highest BCUT2D eigenvalue weighted by atomic mass is 16.5. The van der Waals surface area contributed by atoms with Crippen molar-refractivity contribution >= 4 is 11.9 Å². The Kier molecular flexibility index (Phi) is 10.2. The Morgan fingerprint density at radius 1 is 0.725 bits per heavy atom. The maximum Gasteiger partial charge on any atom is 0.337 e. The van der Waals surface area contributed by atoms with Gasteiger partial charge in [0.2, 0.25) is 0 Å². The van der Waals surface area contributed by atoms with Crippen molar-refractivity contribution in [2.24, 2.45) is 0 Å². The molecule has 0 aliphatic rings. The van der Waals surface area contributed by atoms with Crippen molar-refractivity contribution < 1.29 is 19.1 Å². The molecule has 0 aromatic heterocycles. The fourth-order valence-electron chi connectivity index (χ4n) is 4.79. The summed E-state index contributed by atoms with van der Waals surface area (Å²) in [6.07, 6.45) is 0.778. The molecule has 0 atom stereocenters. The molecule has 0 radical (unpaired) electrons. The third kappa shape index (κ3) is 7.03. The maximum absolute atomic E-state index is 12.5. The second-order valence-electron chi connectivity index (χ2n) is 9.61. The van der Waals surface area contributed by atoms with E-state index in [1.807, 2.05) is 54.6 Å². The van der Waals surface area contributed by atoms with Crippen molar-refractivity contribution in [1.82, 2.24) is 10.2 Å². The first-order valence-corrected chi connectivity index (χ1v) is 13.5. The lowest BCUT2D eigenvalue weighted by Crippen LogP contribution is -2.36. The molecule has 0 bridgehead atoms. The molecule has 6 heteroatoms. The zero-order chi connectivity index (χ0) is 28.2. The molecule has 0 aliphatic heterocycles. The molecule has 0 saturated heterocycles. The fourth-order valence-corrected chi connectivity index (χ4v) is 4.79. The molecule has 1 N–H and O–H groups in total. The Morgan fingerprint density at radius 2 is 1.25 bits per heavy atom. The summed E-state index contributed by atoms with van der Waals surface area (Å²) >= 11 is 0. The molecule has 1 amide bonds. The Labute approximate surface area is 236 Å². The largest absolute Gasteiger partial charge is 0.465 e. The van der Waals surface area contributed by atoms with Crippen LogP contribution in [-0.2, 0) is 15.1 Å². The summed E-state index contributed by atoms with van der Waals surface area (Å²) in [5, 5.41) is 2.93. The highest BCUT2D eigenvalue weighted by molar-refractivity contribution is 5.97. The average molecular weight is 537 g/mol. The molecule has 0 aliphatic carbocycles. The summed E-state index contributed by atoms with van der Waals surface area (Å²) in [5.74, 6) is -0.676. The summed E-state index contributed by atoms with van der Waals surface area (Å²) in [5.41, 5.74) is 3.28. The van der Waals surface area contributed by atoms with Gasteiger partial charge in [-0.25, -0.2) is 4.79 Å². The van der Waals surface area contributed by atoms with Crippen LogP contribution in [0.2, 0.25) is 0 Å². The number of rotatable bonds is 13. The summed E-state index contributed by atoms with van der Waals surface area (Å²) in [4.78, 5) is 26.5. The topological polar surface area (TPSA) is 67.9 Å². The average Bonchev–Trinajstić information content (AvgIpc) is 3.02. The number of carbonyl (C=O) groups is 2. The van der Waals surface area contributed by atoms with E-state index >= 15 is 0 Å². The minimum Gasteiger partial charge on any atom is -0.465 e. The van der Waals surface area contributed by atoms with E-state index in [-0.39, 0.29) is 5.91 Å². The van der Waals surface area contributed by atoms with Gasteiger partial charge in [0.15, 0.2) is 0 Å². The molecule has 0 unspecified atom stereocenters. The van der Waals surface area contributed by atoms with Gasteiger partial charge in [-0.05, 0) is 54.9 Å². The van der Waals surface area contributed by atoms with Crippen LogP contribution in [-0.4, -0.2) is 57.2 Å². The van der Waals surface area contributed by atoms with Crippen LogP contribution in [0, 0.1) is 0 Å². The van der Waals surface area contributed by atoms with E-state index in [4.69, 9.17) is 9.47 Å². The Bertz CT molecular complexity index is 1260. The zero-order valence-electron chi connectivity index (χ0n) is 23.1. The van der Waals surface area contributed by atoms with E-state index in [9.17, 15) is 9.59 Å². The van der Waals surface area contributed by atoms with E-state index in [0.717, 1.165) is 36.2 Å². The smallest absolute Gasteiger partial charge is 0.337 e. The van der Waals surface area contributed by atoms with Gasteiger partial charge >= 0.3 is 5.97 Å². The number of nitrogens with zero attached hydrogens (tertiary/aromatic N) is 1. The lowest BCUT2D eigenvalue weighted by Gasteiger charge is -2.36. The van der Waals surface area contributed by atoms with Crippen molar-refractivity contribution in [3.8, 4) is 0 Å². The second kappa shape index (κ2) is 14.2. The minimum absolute atomic E-state index is 0.213. The molecular formula is C34H36N2O4. The molecule has 4 aromatic carbocycles. The van der Waals surface area contributed by atoms with E-state index in [2.05, 4.69) is 53.7 Å². The molecule has 0 fully saturated rings. The number of nitrogens with one attached hydrogen (secondary N) is 1. The van der Waals surface area contributed by atoms with Crippen LogP contribution < -0.4 is 5.32 Å². The number of hydrogen-bond acceptors (Lipinski definition) is 5. The van der Waals surface area contributed by atoms with Crippen LogP contribution in [0.15, 0.2) is 115 Å². The number of amides is 1. The van der Waals surface area contributed by atoms with Crippen molar-refractivity contribution in [2.75, 3.05) is 40.4 Å².